The summed E-state index contributed by atoms with van der Waals surface area (Å²) in [6.45, 7) is 2.01. The lowest BCUT2D eigenvalue weighted by Crippen LogP contribution is -2.34. The van der Waals surface area contributed by atoms with Crippen LogP contribution in [0.15, 0.2) is 29.4 Å². The van der Waals surface area contributed by atoms with E-state index in [4.69, 9.17) is 5.73 Å². The van der Waals surface area contributed by atoms with Gasteiger partial charge in [0.15, 0.2) is 5.82 Å². The first-order valence-electron chi connectivity index (χ1n) is 6.46. The van der Waals surface area contributed by atoms with Crippen LogP contribution in [0.1, 0.15) is 5.82 Å². The number of sulfonamides is 1. The zero-order valence-electron chi connectivity index (χ0n) is 11.5. The third-order valence-corrected chi connectivity index (χ3v) is 4.97. The van der Waals surface area contributed by atoms with Crippen molar-refractivity contribution in [1.29, 1.82) is 0 Å². The highest BCUT2D eigenvalue weighted by atomic mass is 32.2. The standard InChI is InChI=1S/C12H16N6O2S/c1-14-21(19,20)9-2-3-10(13)11(6-9)17-4-5-18-8-15-16-12(18)7-17/h2-3,6,8,14H,4-5,7,13H2,1H3. The Morgan fingerprint density at radius 2 is 2.14 bits per heavy atom. The summed E-state index contributed by atoms with van der Waals surface area (Å²) < 4.78 is 28.1. The fourth-order valence-electron chi connectivity index (χ4n) is 2.35. The third-order valence-electron chi connectivity index (χ3n) is 3.56. The lowest BCUT2D eigenvalue weighted by molar-refractivity contribution is 0.560. The van der Waals surface area contributed by atoms with Crippen molar-refractivity contribution in [3.63, 3.8) is 0 Å². The number of benzene rings is 1. The summed E-state index contributed by atoms with van der Waals surface area (Å²) in [6.07, 6.45) is 1.69. The van der Waals surface area contributed by atoms with E-state index in [1.807, 2.05) is 9.47 Å². The molecule has 0 bridgehead atoms. The molecular weight excluding hydrogens is 292 g/mol. The second-order valence-electron chi connectivity index (χ2n) is 4.79. The van der Waals surface area contributed by atoms with E-state index >= 15 is 0 Å². The van der Waals surface area contributed by atoms with Crippen molar-refractivity contribution in [3.8, 4) is 0 Å². The van der Waals surface area contributed by atoms with Crippen LogP contribution >= 0.6 is 0 Å². The Bertz CT molecular complexity index is 770. The van der Waals surface area contributed by atoms with E-state index in [1.54, 1.807) is 18.5 Å². The molecule has 8 nitrogen and oxygen atoms in total. The molecule has 0 radical (unpaired) electrons. The third kappa shape index (κ3) is 2.45. The van der Waals surface area contributed by atoms with Crippen LogP contribution in [0.2, 0.25) is 0 Å². The van der Waals surface area contributed by atoms with Crippen LogP contribution < -0.4 is 15.4 Å². The molecule has 0 saturated heterocycles. The number of nitrogen functional groups attached to an aromatic ring is 1. The number of nitrogens with one attached hydrogen (secondary N) is 1. The fourth-order valence-corrected chi connectivity index (χ4v) is 3.10. The number of hydrogen-bond acceptors (Lipinski definition) is 6. The predicted octanol–water partition coefficient (Wildman–Crippen LogP) is -0.211. The maximum atomic E-state index is 11.9. The van der Waals surface area contributed by atoms with Crippen LogP contribution in [-0.2, 0) is 23.1 Å². The molecule has 1 aliphatic heterocycles. The predicted molar refractivity (Wildman–Crippen MR) is 78.2 cm³/mol. The fraction of sp³-hybridized carbons (Fsp3) is 0.333. The highest BCUT2D eigenvalue weighted by Crippen LogP contribution is 2.29. The summed E-state index contributed by atoms with van der Waals surface area (Å²) in [6, 6.07) is 4.70. The molecule has 0 unspecified atom stereocenters. The van der Waals surface area contributed by atoms with Crippen molar-refractivity contribution in [2.75, 3.05) is 24.2 Å². The number of anilines is 2. The number of aromatic nitrogens is 3. The van der Waals surface area contributed by atoms with Crippen LogP contribution in [0, 0.1) is 0 Å². The van der Waals surface area contributed by atoms with Crippen molar-refractivity contribution < 1.29 is 8.42 Å². The van der Waals surface area contributed by atoms with Crippen LogP contribution in [0.4, 0.5) is 11.4 Å². The van der Waals surface area contributed by atoms with Crippen LogP contribution in [0.25, 0.3) is 0 Å². The largest absolute Gasteiger partial charge is 0.397 e. The zero-order valence-corrected chi connectivity index (χ0v) is 12.3. The van der Waals surface area contributed by atoms with Crippen LogP contribution in [0.3, 0.4) is 0 Å². The number of fused-ring (bicyclic) bond motifs is 1. The summed E-state index contributed by atoms with van der Waals surface area (Å²) in [5.74, 6) is 0.836. The summed E-state index contributed by atoms with van der Waals surface area (Å²) >= 11 is 0. The monoisotopic (exact) mass is 308 g/mol. The Labute approximate surface area is 122 Å². The molecule has 0 amide bonds. The van der Waals surface area contributed by atoms with Gasteiger partial charge in [0.2, 0.25) is 10.0 Å². The molecule has 0 aliphatic carbocycles. The minimum Gasteiger partial charge on any atom is -0.397 e. The van der Waals surface area contributed by atoms with Gasteiger partial charge >= 0.3 is 0 Å². The van der Waals surface area contributed by atoms with Crippen molar-refractivity contribution in [2.45, 2.75) is 18.0 Å². The van der Waals surface area contributed by atoms with Gasteiger partial charge in [-0.05, 0) is 25.2 Å². The molecule has 0 atom stereocenters. The summed E-state index contributed by atoms with van der Waals surface area (Å²) in [7, 11) is -2.11. The van der Waals surface area contributed by atoms with E-state index in [1.165, 1.54) is 13.1 Å². The van der Waals surface area contributed by atoms with Gasteiger partial charge in [-0.3, -0.25) is 0 Å². The minimum absolute atomic E-state index is 0.196. The molecule has 112 valence electrons. The molecule has 21 heavy (non-hydrogen) atoms. The Morgan fingerprint density at radius 1 is 1.33 bits per heavy atom. The van der Waals surface area contributed by atoms with E-state index in [9.17, 15) is 8.42 Å². The Morgan fingerprint density at radius 3 is 2.90 bits per heavy atom. The number of nitrogens with two attached hydrogens (primary N) is 1. The van der Waals surface area contributed by atoms with Gasteiger partial charge in [0, 0.05) is 13.1 Å². The first-order valence-corrected chi connectivity index (χ1v) is 7.94. The molecule has 3 rings (SSSR count). The van der Waals surface area contributed by atoms with E-state index < -0.39 is 10.0 Å². The molecule has 1 aromatic heterocycles. The maximum Gasteiger partial charge on any atom is 0.240 e. The molecule has 0 saturated carbocycles. The number of rotatable bonds is 3. The van der Waals surface area contributed by atoms with Crippen LogP contribution in [0.5, 0.6) is 0 Å². The lowest BCUT2D eigenvalue weighted by Gasteiger charge is -2.30. The summed E-state index contributed by atoms with van der Waals surface area (Å²) in [5.41, 5.74) is 7.24. The Kier molecular flexibility index (Phi) is 3.30. The number of nitrogens with zero attached hydrogens (tertiary/aromatic N) is 4. The van der Waals surface area contributed by atoms with E-state index in [0.717, 1.165) is 18.9 Å². The van der Waals surface area contributed by atoms with Gasteiger partial charge in [0.05, 0.1) is 22.8 Å². The molecule has 2 heterocycles. The highest BCUT2D eigenvalue weighted by Gasteiger charge is 2.21. The Hall–Kier alpha value is -2.13. The SMILES string of the molecule is CNS(=O)(=O)c1ccc(N)c(N2CCn3cnnc3C2)c1. The normalized spacial score (nSPS) is 15.0. The lowest BCUT2D eigenvalue weighted by atomic mass is 10.2. The second-order valence-corrected chi connectivity index (χ2v) is 6.68. The first-order chi connectivity index (χ1) is 10.0. The maximum absolute atomic E-state index is 11.9. The van der Waals surface area contributed by atoms with Gasteiger partial charge < -0.3 is 15.2 Å². The van der Waals surface area contributed by atoms with Crippen molar-refractivity contribution in [3.05, 3.63) is 30.4 Å². The molecule has 1 aliphatic rings. The van der Waals surface area contributed by atoms with Crippen molar-refractivity contribution >= 4 is 21.4 Å². The second kappa shape index (κ2) is 5.01. The average Bonchev–Trinajstić information content (AvgIpc) is 2.95. The van der Waals surface area contributed by atoms with Gasteiger partial charge in [-0.2, -0.15) is 0 Å². The minimum atomic E-state index is -3.49. The average molecular weight is 308 g/mol. The van der Waals surface area contributed by atoms with Crippen LogP contribution in [-0.4, -0.2) is 36.8 Å². The number of hydrogen-bond donors (Lipinski definition) is 2. The first kappa shape index (κ1) is 13.8. The van der Waals surface area contributed by atoms with Gasteiger partial charge in [0.25, 0.3) is 0 Å². The molecule has 1 aromatic carbocycles. The van der Waals surface area contributed by atoms with Crippen molar-refractivity contribution in [1.82, 2.24) is 19.5 Å². The summed E-state index contributed by atoms with van der Waals surface area (Å²) in [5, 5.41) is 7.92. The van der Waals surface area contributed by atoms with E-state index in [0.29, 0.717) is 17.9 Å². The van der Waals surface area contributed by atoms with Gasteiger partial charge in [-0.25, -0.2) is 13.1 Å². The Balaban J connectivity index is 1.98. The molecule has 2 aromatic rings. The van der Waals surface area contributed by atoms with Crippen molar-refractivity contribution in [2.24, 2.45) is 0 Å². The van der Waals surface area contributed by atoms with E-state index in [-0.39, 0.29) is 4.90 Å². The molecule has 3 N–H and O–H groups in total. The smallest absolute Gasteiger partial charge is 0.240 e. The van der Waals surface area contributed by atoms with Gasteiger partial charge in [-0.1, -0.05) is 0 Å². The topological polar surface area (TPSA) is 106 Å². The highest BCUT2D eigenvalue weighted by molar-refractivity contribution is 7.89. The molecule has 0 spiro atoms. The molecular formula is C12H16N6O2S. The quantitative estimate of drug-likeness (QED) is 0.760. The van der Waals surface area contributed by atoms with E-state index in [2.05, 4.69) is 14.9 Å². The summed E-state index contributed by atoms with van der Waals surface area (Å²) in [4.78, 5) is 2.20. The zero-order chi connectivity index (χ0) is 15.0. The van der Waals surface area contributed by atoms with Gasteiger partial charge in [-0.15, -0.1) is 10.2 Å². The van der Waals surface area contributed by atoms with Gasteiger partial charge in [0.1, 0.15) is 6.33 Å². The molecule has 9 heteroatoms. The molecule has 0 fully saturated rings.